The van der Waals surface area contributed by atoms with E-state index in [9.17, 15) is 18.0 Å². The first-order valence-electron chi connectivity index (χ1n) is 10.0. The Morgan fingerprint density at radius 3 is 2.37 bits per heavy atom. The molecule has 1 fully saturated rings. The van der Waals surface area contributed by atoms with Gasteiger partial charge in [-0.2, -0.15) is 4.31 Å². The number of rotatable bonds is 11. The van der Waals surface area contributed by atoms with Crippen LogP contribution >= 0.6 is 0 Å². The fourth-order valence-corrected chi connectivity index (χ4v) is 4.59. The first-order chi connectivity index (χ1) is 14.4. The molecule has 0 atom stereocenters. The van der Waals surface area contributed by atoms with Crippen LogP contribution in [-0.2, 0) is 29.0 Å². The van der Waals surface area contributed by atoms with Gasteiger partial charge >= 0.3 is 5.97 Å². The standard InChI is InChI=1S/C20H30N2O7S/c1-3-29-20(24)17-4-6-18(7-5-17)30(25,26)22-11-8-16(9-12-22)19(23)21-10-13-28-15-14-27-2/h4-7,16H,3,8-15H2,1-2H3,(H,21,23). The molecule has 30 heavy (non-hydrogen) atoms. The fourth-order valence-electron chi connectivity index (χ4n) is 3.12. The molecule has 1 saturated heterocycles. The van der Waals surface area contributed by atoms with Gasteiger partial charge in [0.25, 0.3) is 0 Å². The molecule has 1 amide bonds. The van der Waals surface area contributed by atoms with Gasteiger partial charge in [0.1, 0.15) is 0 Å². The van der Waals surface area contributed by atoms with Gasteiger partial charge in [-0.25, -0.2) is 13.2 Å². The fraction of sp³-hybridized carbons (Fsp3) is 0.600. The van der Waals surface area contributed by atoms with E-state index in [0.717, 1.165) is 0 Å². The molecule has 1 heterocycles. The van der Waals surface area contributed by atoms with E-state index in [-0.39, 0.29) is 36.4 Å². The van der Waals surface area contributed by atoms with Crippen LogP contribution in [0.15, 0.2) is 29.2 Å². The molecule has 1 aromatic carbocycles. The average molecular weight is 443 g/mol. The molecule has 0 spiro atoms. The summed E-state index contributed by atoms with van der Waals surface area (Å²) in [7, 11) is -2.08. The van der Waals surface area contributed by atoms with Crippen molar-refractivity contribution in [3.8, 4) is 0 Å². The number of piperidine rings is 1. The van der Waals surface area contributed by atoms with Gasteiger partial charge in [-0.3, -0.25) is 4.79 Å². The van der Waals surface area contributed by atoms with Crippen LogP contribution < -0.4 is 5.32 Å². The minimum absolute atomic E-state index is 0.0822. The summed E-state index contributed by atoms with van der Waals surface area (Å²) in [5.41, 5.74) is 0.303. The highest BCUT2D eigenvalue weighted by molar-refractivity contribution is 7.89. The second-order valence-electron chi connectivity index (χ2n) is 6.82. The molecule has 10 heteroatoms. The van der Waals surface area contributed by atoms with Crippen LogP contribution in [0, 0.1) is 5.92 Å². The summed E-state index contributed by atoms with van der Waals surface area (Å²) in [5, 5.41) is 2.83. The van der Waals surface area contributed by atoms with Crippen molar-refractivity contribution in [2.75, 3.05) is 53.2 Å². The van der Waals surface area contributed by atoms with Crippen molar-refractivity contribution in [1.29, 1.82) is 0 Å². The lowest BCUT2D eigenvalue weighted by Gasteiger charge is -2.30. The summed E-state index contributed by atoms with van der Waals surface area (Å²) in [6.07, 6.45) is 0.910. The summed E-state index contributed by atoms with van der Waals surface area (Å²) in [6.45, 7) is 4.29. The maximum Gasteiger partial charge on any atom is 0.338 e. The number of hydrogen-bond acceptors (Lipinski definition) is 7. The summed E-state index contributed by atoms with van der Waals surface area (Å²) in [4.78, 5) is 24.1. The van der Waals surface area contributed by atoms with Crippen LogP contribution in [0.2, 0.25) is 0 Å². The zero-order valence-electron chi connectivity index (χ0n) is 17.5. The number of nitrogens with zero attached hydrogens (tertiary/aromatic N) is 1. The lowest BCUT2D eigenvalue weighted by atomic mass is 9.97. The molecular formula is C20H30N2O7S. The molecule has 0 unspecified atom stereocenters. The van der Waals surface area contributed by atoms with E-state index in [1.165, 1.54) is 28.6 Å². The number of amides is 1. The van der Waals surface area contributed by atoms with Gasteiger partial charge < -0.3 is 19.5 Å². The van der Waals surface area contributed by atoms with Crippen molar-refractivity contribution in [1.82, 2.24) is 9.62 Å². The Morgan fingerprint density at radius 2 is 1.77 bits per heavy atom. The number of carbonyl (C=O) groups excluding carboxylic acids is 2. The number of esters is 1. The molecule has 1 aromatic rings. The number of ether oxygens (including phenoxy) is 3. The highest BCUT2D eigenvalue weighted by Gasteiger charge is 2.32. The number of carbonyl (C=O) groups is 2. The Balaban J connectivity index is 1.83. The van der Waals surface area contributed by atoms with Gasteiger partial charge in [0.05, 0.1) is 36.9 Å². The predicted molar refractivity (Wildman–Crippen MR) is 110 cm³/mol. The Morgan fingerprint density at radius 1 is 1.10 bits per heavy atom. The van der Waals surface area contributed by atoms with Crippen LogP contribution in [0.1, 0.15) is 30.1 Å². The van der Waals surface area contributed by atoms with Crippen LogP contribution in [0.25, 0.3) is 0 Å². The topological polar surface area (TPSA) is 111 Å². The molecule has 9 nitrogen and oxygen atoms in total. The van der Waals surface area contributed by atoms with Crippen molar-refractivity contribution in [2.24, 2.45) is 5.92 Å². The smallest absolute Gasteiger partial charge is 0.338 e. The van der Waals surface area contributed by atoms with Crippen molar-refractivity contribution in [3.05, 3.63) is 29.8 Å². The number of sulfonamides is 1. The van der Waals surface area contributed by atoms with E-state index in [0.29, 0.717) is 44.8 Å². The molecule has 0 radical (unpaired) electrons. The van der Waals surface area contributed by atoms with E-state index in [1.807, 2.05) is 0 Å². The molecule has 1 aliphatic rings. The molecular weight excluding hydrogens is 412 g/mol. The quantitative estimate of drug-likeness (QED) is 0.403. The molecule has 0 aliphatic carbocycles. The van der Waals surface area contributed by atoms with Crippen LogP contribution in [0.3, 0.4) is 0 Å². The second kappa shape index (κ2) is 12.0. The average Bonchev–Trinajstić information content (AvgIpc) is 2.76. The van der Waals surface area contributed by atoms with E-state index >= 15 is 0 Å². The monoisotopic (exact) mass is 442 g/mol. The van der Waals surface area contributed by atoms with E-state index in [1.54, 1.807) is 14.0 Å². The molecule has 1 aliphatic heterocycles. The first-order valence-corrected chi connectivity index (χ1v) is 11.5. The predicted octanol–water partition coefficient (Wildman–Crippen LogP) is 1.04. The third kappa shape index (κ3) is 6.76. The molecule has 0 bridgehead atoms. The maximum absolute atomic E-state index is 12.9. The van der Waals surface area contributed by atoms with Crippen molar-refractivity contribution in [2.45, 2.75) is 24.7 Å². The second-order valence-corrected chi connectivity index (χ2v) is 8.76. The lowest BCUT2D eigenvalue weighted by Crippen LogP contribution is -2.43. The van der Waals surface area contributed by atoms with Crippen molar-refractivity contribution in [3.63, 3.8) is 0 Å². The Labute approximate surface area is 177 Å². The molecule has 2 rings (SSSR count). The van der Waals surface area contributed by atoms with Gasteiger partial charge in [-0.05, 0) is 44.0 Å². The van der Waals surface area contributed by atoms with Gasteiger partial charge in [-0.15, -0.1) is 0 Å². The minimum Gasteiger partial charge on any atom is -0.462 e. The maximum atomic E-state index is 12.9. The highest BCUT2D eigenvalue weighted by Crippen LogP contribution is 2.24. The van der Waals surface area contributed by atoms with Gasteiger partial charge in [0.2, 0.25) is 15.9 Å². The van der Waals surface area contributed by atoms with Crippen molar-refractivity contribution < 1.29 is 32.2 Å². The highest BCUT2D eigenvalue weighted by atomic mass is 32.2. The summed E-state index contributed by atoms with van der Waals surface area (Å²) in [6, 6.07) is 5.70. The number of benzene rings is 1. The number of nitrogens with one attached hydrogen (secondary N) is 1. The van der Waals surface area contributed by atoms with E-state index < -0.39 is 16.0 Å². The van der Waals surface area contributed by atoms with Crippen molar-refractivity contribution >= 4 is 21.9 Å². The van der Waals surface area contributed by atoms with Crippen LogP contribution in [0.5, 0.6) is 0 Å². The Kier molecular flexibility index (Phi) is 9.70. The van der Waals surface area contributed by atoms with Crippen LogP contribution in [0.4, 0.5) is 0 Å². The largest absolute Gasteiger partial charge is 0.462 e. The number of hydrogen-bond donors (Lipinski definition) is 1. The normalized spacial score (nSPS) is 15.7. The Hall–Kier alpha value is -2.01. The Bertz CT molecular complexity index is 788. The minimum atomic E-state index is -3.68. The van der Waals surface area contributed by atoms with E-state index in [2.05, 4.69) is 5.32 Å². The molecule has 0 saturated carbocycles. The molecule has 168 valence electrons. The first kappa shape index (κ1) is 24.3. The zero-order valence-corrected chi connectivity index (χ0v) is 18.3. The third-order valence-electron chi connectivity index (χ3n) is 4.81. The van der Waals surface area contributed by atoms with Crippen LogP contribution in [-0.4, -0.2) is 77.8 Å². The molecule has 1 N–H and O–H groups in total. The third-order valence-corrected chi connectivity index (χ3v) is 6.72. The van der Waals surface area contributed by atoms with Gasteiger partial charge in [0.15, 0.2) is 0 Å². The lowest BCUT2D eigenvalue weighted by molar-refractivity contribution is -0.126. The van der Waals surface area contributed by atoms with Gasteiger partial charge in [-0.1, -0.05) is 0 Å². The SMILES string of the molecule is CCOC(=O)c1ccc(S(=O)(=O)N2CCC(C(=O)NCCOCCOC)CC2)cc1. The zero-order chi connectivity index (χ0) is 22.0. The summed E-state index contributed by atoms with van der Waals surface area (Å²) >= 11 is 0. The number of methoxy groups -OCH3 is 1. The van der Waals surface area contributed by atoms with E-state index in [4.69, 9.17) is 14.2 Å². The summed E-state index contributed by atoms with van der Waals surface area (Å²) in [5.74, 6) is -0.792. The summed E-state index contributed by atoms with van der Waals surface area (Å²) < 4.78 is 42.2. The van der Waals surface area contributed by atoms with Gasteiger partial charge in [0, 0.05) is 32.7 Å². The molecule has 0 aromatic heterocycles.